The summed E-state index contributed by atoms with van der Waals surface area (Å²) in [6, 6.07) is 8.48. The van der Waals surface area contributed by atoms with Crippen LogP contribution in [-0.2, 0) is 15.6 Å². The summed E-state index contributed by atoms with van der Waals surface area (Å²) in [6.45, 7) is 0. The zero-order valence-electron chi connectivity index (χ0n) is 14.3. The SMILES string of the molecule is NS(=O)(=O)c1ccc(C2(c3nc4ccc(F)cc4[nH]3)C=C(C(F)(F)F)N=N2)cc1. The summed E-state index contributed by atoms with van der Waals surface area (Å²) < 4.78 is 76.1. The smallest absolute Gasteiger partial charge is 0.339 e. The van der Waals surface area contributed by atoms with Crippen molar-refractivity contribution in [2.75, 3.05) is 0 Å². The number of rotatable bonds is 3. The predicted octanol–water partition coefficient (Wildman–Crippen LogP) is 3.51. The van der Waals surface area contributed by atoms with Crippen molar-refractivity contribution in [3.8, 4) is 0 Å². The minimum Gasteiger partial charge on any atom is -0.339 e. The maximum Gasteiger partial charge on any atom is 0.434 e. The van der Waals surface area contributed by atoms with Gasteiger partial charge in [0, 0.05) is 0 Å². The van der Waals surface area contributed by atoms with Crippen LogP contribution in [0.2, 0.25) is 0 Å². The summed E-state index contributed by atoms with van der Waals surface area (Å²) >= 11 is 0. The van der Waals surface area contributed by atoms with Crippen molar-refractivity contribution in [1.29, 1.82) is 0 Å². The molecule has 1 atom stereocenters. The number of nitrogens with two attached hydrogens (primary N) is 1. The first kappa shape index (κ1) is 19.2. The number of aromatic nitrogens is 2. The predicted molar refractivity (Wildman–Crippen MR) is 93.6 cm³/mol. The Balaban J connectivity index is 1.93. The van der Waals surface area contributed by atoms with Crippen LogP contribution in [-0.4, -0.2) is 24.6 Å². The van der Waals surface area contributed by atoms with Crippen molar-refractivity contribution in [3.63, 3.8) is 0 Å². The van der Waals surface area contributed by atoms with Crippen LogP contribution in [0.1, 0.15) is 11.4 Å². The van der Waals surface area contributed by atoms with Gasteiger partial charge in [-0.1, -0.05) is 12.1 Å². The van der Waals surface area contributed by atoms with E-state index in [9.17, 15) is 26.0 Å². The quantitative estimate of drug-likeness (QED) is 0.626. The fraction of sp³-hybridized carbons (Fsp3) is 0.118. The molecule has 0 saturated carbocycles. The second kappa shape index (κ2) is 6.19. The first-order valence-electron chi connectivity index (χ1n) is 8.01. The van der Waals surface area contributed by atoms with Crippen LogP contribution in [0.5, 0.6) is 0 Å². The summed E-state index contributed by atoms with van der Waals surface area (Å²) in [4.78, 5) is 6.79. The fourth-order valence-electron chi connectivity index (χ4n) is 2.98. The lowest BCUT2D eigenvalue weighted by atomic mass is 9.89. The van der Waals surface area contributed by atoms with Crippen LogP contribution in [0.4, 0.5) is 17.6 Å². The molecule has 4 rings (SSSR count). The number of nitrogens with zero attached hydrogens (tertiary/aromatic N) is 3. The van der Waals surface area contributed by atoms with E-state index in [4.69, 9.17) is 5.14 Å². The first-order chi connectivity index (χ1) is 13.5. The molecule has 0 saturated heterocycles. The number of imidazole rings is 1. The maximum absolute atomic E-state index is 13.5. The number of hydrogen-bond donors (Lipinski definition) is 2. The minimum absolute atomic E-state index is 0.0375. The van der Waals surface area contributed by atoms with Crippen molar-refractivity contribution in [1.82, 2.24) is 9.97 Å². The maximum atomic E-state index is 13.5. The number of nitrogens with one attached hydrogen (secondary N) is 1. The molecule has 0 aliphatic carbocycles. The number of azo groups is 1. The molecule has 0 bridgehead atoms. The molecule has 12 heteroatoms. The summed E-state index contributed by atoms with van der Waals surface area (Å²) in [6.07, 6.45) is -3.99. The van der Waals surface area contributed by atoms with Gasteiger partial charge in [0.15, 0.2) is 11.2 Å². The molecule has 1 aromatic heterocycles. The number of allylic oxidation sites excluding steroid dienone is 1. The van der Waals surface area contributed by atoms with Crippen molar-refractivity contribution < 1.29 is 26.0 Å². The number of alkyl halides is 3. The Morgan fingerprint density at radius 2 is 1.76 bits per heavy atom. The molecule has 0 amide bonds. The van der Waals surface area contributed by atoms with E-state index in [-0.39, 0.29) is 21.8 Å². The van der Waals surface area contributed by atoms with E-state index in [1.54, 1.807) is 0 Å². The largest absolute Gasteiger partial charge is 0.434 e. The van der Waals surface area contributed by atoms with E-state index in [0.717, 1.165) is 30.3 Å². The molecule has 150 valence electrons. The zero-order valence-corrected chi connectivity index (χ0v) is 15.1. The number of benzene rings is 2. The van der Waals surface area contributed by atoms with Gasteiger partial charge in [-0.05, 0) is 42.0 Å². The molecule has 29 heavy (non-hydrogen) atoms. The number of hydrogen-bond acceptors (Lipinski definition) is 5. The molecule has 7 nitrogen and oxygen atoms in total. The van der Waals surface area contributed by atoms with Crippen LogP contribution in [0.3, 0.4) is 0 Å². The summed E-state index contributed by atoms with van der Waals surface area (Å²) in [5, 5.41) is 12.1. The summed E-state index contributed by atoms with van der Waals surface area (Å²) in [5.74, 6) is -0.594. The number of sulfonamides is 1. The van der Waals surface area contributed by atoms with Gasteiger partial charge in [-0.2, -0.15) is 18.3 Å². The Kier molecular flexibility index (Phi) is 4.10. The molecule has 3 aromatic rings. The monoisotopic (exact) mass is 425 g/mol. The van der Waals surface area contributed by atoms with Crippen LogP contribution in [0.15, 0.2) is 69.4 Å². The van der Waals surface area contributed by atoms with E-state index in [1.165, 1.54) is 18.2 Å². The Morgan fingerprint density at radius 1 is 1.07 bits per heavy atom. The molecular weight excluding hydrogens is 414 g/mol. The van der Waals surface area contributed by atoms with Gasteiger partial charge in [-0.3, -0.25) is 0 Å². The number of H-pyrrole nitrogens is 1. The van der Waals surface area contributed by atoms with E-state index < -0.39 is 33.3 Å². The highest BCUT2D eigenvalue weighted by atomic mass is 32.2. The number of fused-ring (bicyclic) bond motifs is 1. The number of primary sulfonamides is 1. The van der Waals surface area contributed by atoms with Gasteiger partial charge >= 0.3 is 6.18 Å². The highest BCUT2D eigenvalue weighted by molar-refractivity contribution is 7.89. The highest BCUT2D eigenvalue weighted by Crippen LogP contribution is 2.44. The standard InChI is InChI=1S/C17H11F4N5O2S/c18-10-3-6-12-13(7-10)24-15(23-12)16(8-14(25-26-16)17(19,20)21)9-1-4-11(5-2-9)29(22,27)28/h1-8H,(H,23,24)(H2,22,27,28). The second-order valence-corrected chi connectivity index (χ2v) is 7.87. The van der Waals surface area contributed by atoms with E-state index >= 15 is 0 Å². The molecule has 2 aromatic carbocycles. The Bertz CT molecular complexity index is 1280. The minimum atomic E-state index is -4.76. The highest BCUT2D eigenvalue weighted by Gasteiger charge is 2.46. The van der Waals surface area contributed by atoms with E-state index in [2.05, 4.69) is 20.2 Å². The summed E-state index contributed by atoms with van der Waals surface area (Å²) in [5.41, 5.74) is -2.32. The van der Waals surface area contributed by atoms with E-state index in [1.807, 2.05) is 0 Å². The molecule has 1 aliphatic rings. The van der Waals surface area contributed by atoms with Gasteiger partial charge in [-0.25, -0.2) is 22.9 Å². The van der Waals surface area contributed by atoms with Gasteiger partial charge in [0.2, 0.25) is 10.0 Å². The molecule has 1 unspecified atom stereocenters. The van der Waals surface area contributed by atoms with Crippen LogP contribution < -0.4 is 5.14 Å². The lowest BCUT2D eigenvalue weighted by molar-refractivity contribution is -0.0925. The Hall–Kier alpha value is -3.12. The first-order valence-corrected chi connectivity index (χ1v) is 9.56. The lowest BCUT2D eigenvalue weighted by Crippen LogP contribution is -2.24. The Morgan fingerprint density at radius 3 is 2.34 bits per heavy atom. The molecule has 2 heterocycles. The molecule has 0 spiro atoms. The number of aromatic amines is 1. The van der Waals surface area contributed by atoms with Gasteiger partial charge in [0.1, 0.15) is 11.6 Å². The van der Waals surface area contributed by atoms with Gasteiger partial charge in [0.05, 0.1) is 15.9 Å². The van der Waals surface area contributed by atoms with E-state index in [0.29, 0.717) is 5.52 Å². The normalized spacial score (nSPS) is 19.7. The lowest BCUT2D eigenvalue weighted by Gasteiger charge is -2.21. The van der Waals surface area contributed by atoms with Gasteiger partial charge in [-0.15, -0.1) is 5.11 Å². The number of halogens is 4. The Labute approximate surface area is 161 Å². The van der Waals surface area contributed by atoms with Crippen molar-refractivity contribution in [2.24, 2.45) is 15.4 Å². The average molecular weight is 425 g/mol. The second-order valence-electron chi connectivity index (χ2n) is 6.31. The van der Waals surface area contributed by atoms with Crippen molar-refractivity contribution in [3.05, 3.63) is 71.4 Å². The van der Waals surface area contributed by atoms with Gasteiger partial charge < -0.3 is 4.98 Å². The third-order valence-electron chi connectivity index (χ3n) is 4.38. The average Bonchev–Trinajstić information content (AvgIpc) is 3.25. The third kappa shape index (κ3) is 3.29. The van der Waals surface area contributed by atoms with Crippen molar-refractivity contribution >= 4 is 21.1 Å². The third-order valence-corrected chi connectivity index (χ3v) is 5.31. The van der Waals surface area contributed by atoms with Crippen LogP contribution in [0, 0.1) is 5.82 Å². The van der Waals surface area contributed by atoms with Crippen LogP contribution in [0.25, 0.3) is 11.0 Å². The molecule has 1 aliphatic heterocycles. The van der Waals surface area contributed by atoms with Crippen LogP contribution >= 0.6 is 0 Å². The summed E-state index contributed by atoms with van der Waals surface area (Å²) in [7, 11) is -4.00. The topological polar surface area (TPSA) is 114 Å². The molecular formula is C17H11F4N5O2S. The van der Waals surface area contributed by atoms with Crippen molar-refractivity contribution in [2.45, 2.75) is 16.6 Å². The molecule has 0 fully saturated rings. The molecule has 3 N–H and O–H groups in total. The van der Waals surface area contributed by atoms with Gasteiger partial charge in [0.25, 0.3) is 0 Å². The fourth-order valence-corrected chi connectivity index (χ4v) is 3.50. The molecule has 0 radical (unpaired) electrons. The zero-order chi connectivity index (χ0) is 21.0.